The van der Waals surface area contributed by atoms with Crippen molar-refractivity contribution in [1.29, 1.82) is 0 Å². The minimum Gasteiger partial charge on any atom is -0.368 e. The maximum atomic E-state index is 11.1. The molecule has 0 fully saturated rings. The van der Waals surface area contributed by atoms with E-state index in [9.17, 15) is 10.1 Å². The van der Waals surface area contributed by atoms with Gasteiger partial charge in [-0.25, -0.2) is 4.98 Å². The zero-order chi connectivity index (χ0) is 14.7. The summed E-state index contributed by atoms with van der Waals surface area (Å²) >= 11 is 0. The Kier molecular flexibility index (Phi) is 3.79. The Bertz CT molecular complexity index is 657. The summed E-state index contributed by atoms with van der Waals surface area (Å²) in [4.78, 5) is 18.3. The second-order valence-corrected chi connectivity index (χ2v) is 4.46. The standard InChI is InChI=1S/C13H15N5O2/c1-8-4-3-5-10(6-8)7-15-12-11(18(19)20)9(2)16-13(14)17-12/h3-6H,7H2,1-2H3,(H3,14,15,16,17). The number of nitrogen functional groups attached to an aromatic ring is 1. The molecule has 0 bridgehead atoms. The van der Waals surface area contributed by atoms with Crippen molar-refractivity contribution in [1.82, 2.24) is 9.97 Å². The van der Waals surface area contributed by atoms with Crippen LogP contribution < -0.4 is 11.1 Å². The van der Waals surface area contributed by atoms with E-state index in [0.29, 0.717) is 6.54 Å². The molecule has 0 saturated carbocycles. The van der Waals surface area contributed by atoms with Gasteiger partial charge in [0.1, 0.15) is 5.69 Å². The first kappa shape index (κ1) is 13.7. The minimum absolute atomic E-state index is 0.0137. The minimum atomic E-state index is -0.507. The zero-order valence-corrected chi connectivity index (χ0v) is 11.3. The van der Waals surface area contributed by atoms with Crippen LogP contribution in [0.3, 0.4) is 0 Å². The Morgan fingerprint density at radius 2 is 2.10 bits per heavy atom. The lowest BCUT2D eigenvalue weighted by atomic mass is 10.1. The van der Waals surface area contributed by atoms with Crippen LogP contribution in [0.2, 0.25) is 0 Å². The maximum Gasteiger partial charge on any atom is 0.332 e. The molecule has 7 nitrogen and oxygen atoms in total. The SMILES string of the molecule is Cc1cccc(CNc2nc(N)nc(C)c2[N+](=O)[O-])c1. The van der Waals surface area contributed by atoms with Crippen molar-refractivity contribution in [3.8, 4) is 0 Å². The quantitative estimate of drug-likeness (QED) is 0.653. The van der Waals surface area contributed by atoms with Gasteiger partial charge < -0.3 is 11.1 Å². The second kappa shape index (κ2) is 5.52. The van der Waals surface area contributed by atoms with Gasteiger partial charge in [-0.2, -0.15) is 4.98 Å². The van der Waals surface area contributed by atoms with Crippen LogP contribution in [0.15, 0.2) is 24.3 Å². The van der Waals surface area contributed by atoms with Crippen LogP contribution >= 0.6 is 0 Å². The highest BCUT2D eigenvalue weighted by Crippen LogP contribution is 2.26. The van der Waals surface area contributed by atoms with E-state index in [2.05, 4.69) is 15.3 Å². The van der Waals surface area contributed by atoms with Gasteiger partial charge in [0.05, 0.1) is 4.92 Å². The van der Waals surface area contributed by atoms with Gasteiger partial charge in [-0.3, -0.25) is 10.1 Å². The largest absolute Gasteiger partial charge is 0.368 e. The molecule has 1 aromatic carbocycles. The van der Waals surface area contributed by atoms with E-state index in [0.717, 1.165) is 11.1 Å². The van der Waals surface area contributed by atoms with E-state index >= 15 is 0 Å². The highest BCUT2D eigenvalue weighted by Gasteiger charge is 2.21. The molecule has 0 aliphatic carbocycles. The molecule has 0 unspecified atom stereocenters. The molecule has 0 amide bonds. The fourth-order valence-corrected chi connectivity index (χ4v) is 1.94. The van der Waals surface area contributed by atoms with E-state index in [4.69, 9.17) is 5.73 Å². The number of anilines is 2. The number of nitrogens with one attached hydrogen (secondary N) is 1. The van der Waals surface area contributed by atoms with Gasteiger partial charge in [0.15, 0.2) is 0 Å². The van der Waals surface area contributed by atoms with Gasteiger partial charge in [0.2, 0.25) is 11.8 Å². The molecule has 0 saturated heterocycles. The molecule has 1 aromatic heterocycles. The molecule has 0 radical (unpaired) electrons. The van der Waals surface area contributed by atoms with Crippen LogP contribution in [0, 0.1) is 24.0 Å². The van der Waals surface area contributed by atoms with Gasteiger partial charge in [-0.1, -0.05) is 29.8 Å². The summed E-state index contributed by atoms with van der Waals surface area (Å²) < 4.78 is 0. The van der Waals surface area contributed by atoms with Crippen LogP contribution in [0.25, 0.3) is 0 Å². The number of benzene rings is 1. The summed E-state index contributed by atoms with van der Waals surface area (Å²) in [5.74, 6) is 0.154. The van der Waals surface area contributed by atoms with Crippen molar-refractivity contribution in [2.45, 2.75) is 20.4 Å². The lowest BCUT2D eigenvalue weighted by Gasteiger charge is -2.08. The van der Waals surface area contributed by atoms with E-state index in [-0.39, 0.29) is 23.1 Å². The highest BCUT2D eigenvalue weighted by atomic mass is 16.6. The third-order valence-corrected chi connectivity index (χ3v) is 2.80. The van der Waals surface area contributed by atoms with E-state index in [1.54, 1.807) is 0 Å². The first-order valence-corrected chi connectivity index (χ1v) is 6.05. The molecule has 20 heavy (non-hydrogen) atoms. The van der Waals surface area contributed by atoms with Crippen molar-refractivity contribution in [2.75, 3.05) is 11.1 Å². The first-order valence-electron chi connectivity index (χ1n) is 6.05. The van der Waals surface area contributed by atoms with Crippen LogP contribution in [-0.4, -0.2) is 14.9 Å². The van der Waals surface area contributed by atoms with Gasteiger partial charge >= 0.3 is 5.69 Å². The molecular formula is C13H15N5O2. The molecule has 0 aliphatic heterocycles. The summed E-state index contributed by atoms with van der Waals surface area (Å²) in [6.45, 7) is 3.95. The molecule has 104 valence electrons. The predicted molar refractivity (Wildman–Crippen MR) is 76.3 cm³/mol. The Morgan fingerprint density at radius 3 is 2.75 bits per heavy atom. The van der Waals surface area contributed by atoms with Crippen molar-refractivity contribution in [3.63, 3.8) is 0 Å². The highest BCUT2D eigenvalue weighted by molar-refractivity contribution is 5.60. The number of hydrogen-bond donors (Lipinski definition) is 2. The Morgan fingerprint density at radius 1 is 1.35 bits per heavy atom. The topological polar surface area (TPSA) is 107 Å². The first-order chi connectivity index (χ1) is 9.47. The van der Waals surface area contributed by atoms with Gasteiger partial charge in [0.25, 0.3) is 0 Å². The van der Waals surface area contributed by atoms with Crippen molar-refractivity contribution in [2.24, 2.45) is 0 Å². The zero-order valence-electron chi connectivity index (χ0n) is 11.3. The van der Waals surface area contributed by atoms with Gasteiger partial charge in [0, 0.05) is 6.54 Å². The number of nitrogens with zero attached hydrogens (tertiary/aromatic N) is 3. The molecule has 3 N–H and O–H groups in total. The monoisotopic (exact) mass is 273 g/mol. The van der Waals surface area contributed by atoms with Gasteiger partial charge in [-0.15, -0.1) is 0 Å². The van der Waals surface area contributed by atoms with E-state index < -0.39 is 4.92 Å². The summed E-state index contributed by atoms with van der Waals surface area (Å²) in [7, 11) is 0. The van der Waals surface area contributed by atoms with Crippen LogP contribution in [0.5, 0.6) is 0 Å². The van der Waals surface area contributed by atoms with Crippen molar-refractivity contribution >= 4 is 17.5 Å². The fourth-order valence-electron chi connectivity index (χ4n) is 1.94. The number of aromatic nitrogens is 2. The maximum absolute atomic E-state index is 11.1. The predicted octanol–water partition coefficient (Wildman–Crippen LogP) is 2.20. The molecular weight excluding hydrogens is 258 g/mol. The second-order valence-electron chi connectivity index (χ2n) is 4.46. The lowest BCUT2D eigenvalue weighted by Crippen LogP contribution is -2.09. The van der Waals surface area contributed by atoms with E-state index in [1.165, 1.54) is 6.92 Å². The number of rotatable bonds is 4. The number of aryl methyl sites for hydroxylation is 2. The van der Waals surface area contributed by atoms with Gasteiger partial charge in [-0.05, 0) is 19.4 Å². The normalized spacial score (nSPS) is 10.3. The average Bonchev–Trinajstić information content (AvgIpc) is 2.35. The Labute approximate surface area is 116 Å². The number of nitro groups is 1. The summed E-state index contributed by atoms with van der Waals surface area (Å²) in [5, 5.41) is 14.0. The molecule has 0 aliphatic rings. The molecule has 2 rings (SSSR count). The van der Waals surface area contributed by atoms with E-state index in [1.807, 2.05) is 31.2 Å². The van der Waals surface area contributed by atoms with Crippen LogP contribution in [0.1, 0.15) is 16.8 Å². The molecule has 0 atom stereocenters. The fraction of sp³-hybridized carbons (Fsp3) is 0.231. The number of hydrogen-bond acceptors (Lipinski definition) is 6. The Balaban J connectivity index is 2.27. The number of nitrogens with two attached hydrogens (primary N) is 1. The molecule has 2 aromatic rings. The molecule has 1 heterocycles. The summed E-state index contributed by atoms with van der Waals surface area (Å²) in [6.07, 6.45) is 0. The third-order valence-electron chi connectivity index (χ3n) is 2.80. The summed E-state index contributed by atoms with van der Waals surface area (Å²) in [5.41, 5.74) is 7.77. The lowest BCUT2D eigenvalue weighted by molar-refractivity contribution is -0.385. The Hall–Kier alpha value is -2.70. The van der Waals surface area contributed by atoms with Crippen molar-refractivity contribution in [3.05, 3.63) is 51.2 Å². The molecule has 7 heteroatoms. The average molecular weight is 273 g/mol. The third kappa shape index (κ3) is 3.00. The van der Waals surface area contributed by atoms with Crippen LogP contribution in [0.4, 0.5) is 17.5 Å². The smallest absolute Gasteiger partial charge is 0.332 e. The summed E-state index contributed by atoms with van der Waals surface area (Å²) in [6, 6.07) is 7.85. The van der Waals surface area contributed by atoms with Crippen LogP contribution in [-0.2, 0) is 6.54 Å². The van der Waals surface area contributed by atoms with Crippen molar-refractivity contribution < 1.29 is 4.92 Å². The molecule has 0 spiro atoms.